The lowest BCUT2D eigenvalue weighted by Gasteiger charge is -2.36. The average Bonchev–Trinajstić information content (AvgIpc) is 3.00. The standard InChI is InChI=1S/C18H27N5O3S/c1-14-18(15(2)20-19-14)27(24,25)21-16-4-6-17(7-5-16)23-10-8-22(9-11-23)12-13-26-3/h4-7,21H,8-13H2,1-3H3,(H,19,20). The summed E-state index contributed by atoms with van der Waals surface area (Å²) in [5, 5.41) is 6.67. The maximum atomic E-state index is 12.6. The third-order valence-electron chi connectivity index (χ3n) is 4.80. The molecule has 1 aliphatic heterocycles. The molecule has 0 atom stereocenters. The van der Waals surface area contributed by atoms with Gasteiger partial charge in [0.05, 0.1) is 18.0 Å². The van der Waals surface area contributed by atoms with E-state index in [0.717, 1.165) is 45.0 Å². The number of rotatable bonds is 7. The Bertz CT molecular complexity index is 836. The third-order valence-corrected chi connectivity index (χ3v) is 6.44. The molecule has 27 heavy (non-hydrogen) atoms. The molecule has 8 nitrogen and oxygen atoms in total. The highest BCUT2D eigenvalue weighted by molar-refractivity contribution is 7.92. The van der Waals surface area contributed by atoms with E-state index in [4.69, 9.17) is 4.74 Å². The van der Waals surface area contributed by atoms with Gasteiger partial charge in [-0.3, -0.25) is 14.7 Å². The number of sulfonamides is 1. The Morgan fingerprint density at radius 2 is 1.81 bits per heavy atom. The van der Waals surface area contributed by atoms with E-state index in [9.17, 15) is 8.42 Å². The van der Waals surface area contributed by atoms with Crippen molar-refractivity contribution in [1.29, 1.82) is 0 Å². The molecule has 1 aromatic heterocycles. The van der Waals surface area contributed by atoms with Crippen LogP contribution in [0.5, 0.6) is 0 Å². The van der Waals surface area contributed by atoms with Crippen molar-refractivity contribution in [3.05, 3.63) is 35.7 Å². The van der Waals surface area contributed by atoms with Crippen LogP contribution in [0.3, 0.4) is 0 Å². The Labute approximate surface area is 160 Å². The Kier molecular flexibility index (Phi) is 6.03. The fourth-order valence-corrected chi connectivity index (χ4v) is 4.76. The molecule has 1 fully saturated rings. The van der Waals surface area contributed by atoms with Gasteiger partial charge in [0.15, 0.2) is 0 Å². The van der Waals surface area contributed by atoms with Crippen molar-refractivity contribution in [2.75, 3.05) is 56.1 Å². The summed E-state index contributed by atoms with van der Waals surface area (Å²) in [6.45, 7) is 8.97. The second-order valence-electron chi connectivity index (χ2n) is 6.74. The van der Waals surface area contributed by atoms with Crippen molar-refractivity contribution in [3.8, 4) is 0 Å². The summed E-state index contributed by atoms with van der Waals surface area (Å²) in [5.41, 5.74) is 2.63. The van der Waals surface area contributed by atoms with Gasteiger partial charge in [0.1, 0.15) is 4.90 Å². The lowest BCUT2D eigenvalue weighted by atomic mass is 10.2. The van der Waals surface area contributed by atoms with Crippen LogP contribution in [0.25, 0.3) is 0 Å². The van der Waals surface area contributed by atoms with E-state index < -0.39 is 10.0 Å². The van der Waals surface area contributed by atoms with Gasteiger partial charge in [0.25, 0.3) is 10.0 Å². The first-order chi connectivity index (χ1) is 12.9. The Morgan fingerprint density at radius 1 is 1.15 bits per heavy atom. The van der Waals surface area contributed by atoms with Crippen LogP contribution >= 0.6 is 0 Å². The van der Waals surface area contributed by atoms with Gasteiger partial charge < -0.3 is 9.64 Å². The Hall–Kier alpha value is -2.10. The first-order valence-electron chi connectivity index (χ1n) is 9.01. The van der Waals surface area contributed by atoms with E-state index in [-0.39, 0.29) is 4.90 Å². The van der Waals surface area contributed by atoms with Crippen LogP contribution in [0.15, 0.2) is 29.2 Å². The molecule has 0 amide bonds. The lowest BCUT2D eigenvalue weighted by molar-refractivity contribution is 0.144. The van der Waals surface area contributed by atoms with Crippen molar-refractivity contribution in [2.45, 2.75) is 18.7 Å². The molecule has 3 rings (SSSR count). The van der Waals surface area contributed by atoms with Crippen molar-refractivity contribution in [1.82, 2.24) is 15.1 Å². The second kappa shape index (κ2) is 8.28. The van der Waals surface area contributed by atoms with E-state index in [2.05, 4.69) is 24.7 Å². The Balaban J connectivity index is 1.63. The zero-order valence-electron chi connectivity index (χ0n) is 16.0. The number of aromatic amines is 1. The van der Waals surface area contributed by atoms with Gasteiger partial charge in [-0.05, 0) is 38.1 Å². The van der Waals surface area contributed by atoms with E-state index in [1.54, 1.807) is 33.1 Å². The SMILES string of the molecule is COCCN1CCN(c2ccc(NS(=O)(=O)c3c(C)n[nH]c3C)cc2)CC1. The number of H-pyrrole nitrogens is 1. The zero-order chi connectivity index (χ0) is 19.4. The number of aryl methyl sites for hydroxylation is 2. The molecule has 0 unspecified atom stereocenters. The van der Waals surface area contributed by atoms with E-state index in [1.807, 2.05) is 12.1 Å². The van der Waals surface area contributed by atoms with Gasteiger partial charge >= 0.3 is 0 Å². The normalized spacial score (nSPS) is 15.9. The second-order valence-corrected chi connectivity index (χ2v) is 8.36. The minimum Gasteiger partial charge on any atom is -0.383 e. The number of anilines is 2. The highest BCUT2D eigenvalue weighted by Crippen LogP contribution is 2.23. The van der Waals surface area contributed by atoms with E-state index in [0.29, 0.717) is 17.1 Å². The summed E-state index contributed by atoms with van der Waals surface area (Å²) in [4.78, 5) is 4.91. The molecular formula is C18H27N5O3S. The number of hydrogen-bond acceptors (Lipinski definition) is 6. The molecule has 0 bridgehead atoms. The number of benzene rings is 1. The van der Waals surface area contributed by atoms with Crippen molar-refractivity contribution in [2.24, 2.45) is 0 Å². The minimum atomic E-state index is -3.66. The molecular weight excluding hydrogens is 366 g/mol. The molecule has 0 radical (unpaired) electrons. The molecule has 1 aromatic carbocycles. The maximum Gasteiger partial charge on any atom is 0.265 e. The van der Waals surface area contributed by atoms with Crippen molar-refractivity contribution in [3.63, 3.8) is 0 Å². The molecule has 1 saturated heterocycles. The van der Waals surface area contributed by atoms with Gasteiger partial charge in [-0.15, -0.1) is 0 Å². The first kappa shape index (κ1) is 19.7. The van der Waals surface area contributed by atoms with Crippen LogP contribution < -0.4 is 9.62 Å². The van der Waals surface area contributed by atoms with Crippen LogP contribution in [0.2, 0.25) is 0 Å². The fourth-order valence-electron chi connectivity index (χ4n) is 3.33. The van der Waals surface area contributed by atoms with Crippen molar-refractivity contribution < 1.29 is 13.2 Å². The highest BCUT2D eigenvalue weighted by Gasteiger charge is 2.22. The fraction of sp³-hybridized carbons (Fsp3) is 0.500. The predicted octanol–water partition coefficient (Wildman–Crippen LogP) is 1.60. The van der Waals surface area contributed by atoms with Gasteiger partial charge in [-0.1, -0.05) is 0 Å². The Morgan fingerprint density at radius 3 is 2.37 bits per heavy atom. The topological polar surface area (TPSA) is 90.6 Å². The molecule has 2 aromatic rings. The van der Waals surface area contributed by atoms with Gasteiger partial charge in [0, 0.05) is 51.2 Å². The van der Waals surface area contributed by atoms with Crippen LogP contribution in [0.4, 0.5) is 11.4 Å². The molecule has 148 valence electrons. The summed E-state index contributed by atoms with van der Waals surface area (Å²) in [6.07, 6.45) is 0. The summed E-state index contributed by atoms with van der Waals surface area (Å²) in [6, 6.07) is 7.51. The molecule has 2 heterocycles. The van der Waals surface area contributed by atoms with Gasteiger partial charge in [-0.2, -0.15) is 5.10 Å². The first-order valence-corrected chi connectivity index (χ1v) is 10.5. The maximum absolute atomic E-state index is 12.6. The molecule has 0 spiro atoms. The molecule has 2 N–H and O–H groups in total. The summed E-state index contributed by atoms with van der Waals surface area (Å²) in [5.74, 6) is 0. The number of nitrogens with zero attached hydrogens (tertiary/aromatic N) is 3. The minimum absolute atomic E-state index is 0.207. The highest BCUT2D eigenvalue weighted by atomic mass is 32.2. The third kappa shape index (κ3) is 4.60. The summed E-state index contributed by atoms with van der Waals surface area (Å²) in [7, 11) is -1.94. The van der Waals surface area contributed by atoms with Gasteiger partial charge in [-0.25, -0.2) is 8.42 Å². The average molecular weight is 394 g/mol. The molecule has 0 aliphatic carbocycles. The number of ether oxygens (including phenoxy) is 1. The summed E-state index contributed by atoms with van der Waals surface area (Å²) >= 11 is 0. The van der Waals surface area contributed by atoms with Gasteiger partial charge in [0.2, 0.25) is 0 Å². The summed E-state index contributed by atoms with van der Waals surface area (Å²) < 4.78 is 33.0. The monoisotopic (exact) mass is 393 g/mol. The van der Waals surface area contributed by atoms with Crippen LogP contribution in [-0.4, -0.2) is 70.0 Å². The molecule has 1 aliphatic rings. The molecule has 9 heteroatoms. The number of piperazine rings is 1. The number of methoxy groups -OCH3 is 1. The number of nitrogens with one attached hydrogen (secondary N) is 2. The predicted molar refractivity (Wildman–Crippen MR) is 106 cm³/mol. The van der Waals surface area contributed by atoms with E-state index >= 15 is 0 Å². The van der Waals surface area contributed by atoms with Crippen LogP contribution in [0.1, 0.15) is 11.4 Å². The largest absolute Gasteiger partial charge is 0.383 e. The smallest absolute Gasteiger partial charge is 0.265 e. The van der Waals surface area contributed by atoms with Crippen LogP contribution in [-0.2, 0) is 14.8 Å². The number of hydrogen-bond donors (Lipinski definition) is 2. The number of aromatic nitrogens is 2. The van der Waals surface area contributed by atoms with E-state index in [1.165, 1.54) is 0 Å². The van der Waals surface area contributed by atoms with Crippen molar-refractivity contribution >= 4 is 21.4 Å². The zero-order valence-corrected chi connectivity index (χ0v) is 16.8. The quantitative estimate of drug-likeness (QED) is 0.743. The van der Waals surface area contributed by atoms with Crippen LogP contribution in [0, 0.1) is 13.8 Å². The lowest BCUT2D eigenvalue weighted by Crippen LogP contribution is -2.47. The molecule has 0 saturated carbocycles.